The minimum Gasteiger partial charge on any atom is -0.355 e. The molecular weight excluding hydrogens is 332 g/mol. The number of likely N-dealkylation sites (tertiary alicyclic amines) is 1. The Bertz CT molecular complexity index is 820. The van der Waals surface area contributed by atoms with Crippen molar-refractivity contribution < 1.29 is 4.52 Å². The van der Waals surface area contributed by atoms with E-state index in [1.807, 2.05) is 17.8 Å². The van der Waals surface area contributed by atoms with Crippen LogP contribution < -0.4 is 0 Å². The van der Waals surface area contributed by atoms with Gasteiger partial charge in [0.05, 0.1) is 16.6 Å². The van der Waals surface area contributed by atoms with E-state index in [0.717, 1.165) is 41.5 Å². The third-order valence-corrected chi connectivity index (χ3v) is 5.87. The van der Waals surface area contributed by atoms with Gasteiger partial charge in [-0.3, -0.25) is 9.58 Å². The third kappa shape index (κ3) is 3.55. The summed E-state index contributed by atoms with van der Waals surface area (Å²) in [5, 5.41) is 11.0. The lowest BCUT2D eigenvalue weighted by Gasteiger charge is -2.28. The highest BCUT2D eigenvalue weighted by molar-refractivity contribution is 7.13. The molecule has 4 rings (SSSR count). The molecule has 0 aliphatic carbocycles. The van der Waals surface area contributed by atoms with E-state index in [1.54, 1.807) is 11.3 Å². The number of hydrogen-bond donors (Lipinski definition) is 0. The molecule has 5 nitrogen and oxygen atoms in total. The maximum absolute atomic E-state index is 5.65. The molecule has 1 aliphatic rings. The van der Waals surface area contributed by atoms with E-state index in [-0.39, 0.29) is 0 Å². The van der Waals surface area contributed by atoms with Crippen LogP contribution in [0, 0.1) is 6.92 Å². The van der Waals surface area contributed by atoms with Crippen molar-refractivity contribution >= 4 is 11.3 Å². The van der Waals surface area contributed by atoms with Crippen molar-refractivity contribution in [2.45, 2.75) is 45.2 Å². The molecule has 0 spiro atoms. The second kappa shape index (κ2) is 7.14. The lowest BCUT2D eigenvalue weighted by molar-refractivity contribution is 0.183. The van der Waals surface area contributed by atoms with Crippen molar-refractivity contribution in [2.24, 2.45) is 7.05 Å². The molecule has 1 aliphatic heterocycles. The van der Waals surface area contributed by atoms with Gasteiger partial charge in [-0.15, -0.1) is 11.3 Å². The van der Waals surface area contributed by atoms with Gasteiger partial charge in [-0.2, -0.15) is 5.10 Å². The van der Waals surface area contributed by atoms with Gasteiger partial charge in [-0.1, -0.05) is 24.1 Å². The number of aryl methyl sites for hydroxylation is 2. The number of hydrogen-bond acceptors (Lipinski definition) is 5. The van der Waals surface area contributed by atoms with Gasteiger partial charge in [-0.05, 0) is 37.8 Å². The third-order valence-electron chi connectivity index (χ3n) is 4.99. The van der Waals surface area contributed by atoms with Crippen molar-refractivity contribution in [1.29, 1.82) is 0 Å². The Labute approximate surface area is 152 Å². The molecule has 0 saturated carbocycles. The van der Waals surface area contributed by atoms with Crippen LogP contribution in [0.5, 0.6) is 0 Å². The minimum absolute atomic E-state index is 0.319. The molecular formula is C19H24N4OS. The summed E-state index contributed by atoms with van der Waals surface area (Å²) in [7, 11) is 1.99. The van der Waals surface area contributed by atoms with E-state index in [1.165, 1.54) is 24.8 Å². The van der Waals surface area contributed by atoms with Crippen LogP contribution in [0.15, 0.2) is 34.3 Å². The first-order valence-electron chi connectivity index (χ1n) is 8.94. The molecule has 4 heterocycles. The summed E-state index contributed by atoms with van der Waals surface area (Å²) in [5.41, 5.74) is 3.48. The average molecular weight is 356 g/mol. The van der Waals surface area contributed by atoms with E-state index in [0.29, 0.717) is 6.04 Å². The van der Waals surface area contributed by atoms with Crippen molar-refractivity contribution in [3.63, 3.8) is 0 Å². The molecule has 0 unspecified atom stereocenters. The summed E-state index contributed by atoms with van der Waals surface area (Å²) in [4.78, 5) is 3.69. The van der Waals surface area contributed by atoms with Crippen molar-refractivity contribution in [3.05, 3.63) is 46.7 Å². The van der Waals surface area contributed by atoms with Crippen LogP contribution in [0.4, 0.5) is 0 Å². The standard InChI is InChI=1S/C19H24N4OS/c1-14-15(12-22(2)20-14)13-23-9-5-3-4-7-17(23)16-11-18(24-21-16)19-8-6-10-25-19/h6,8,10-12,17H,3-5,7,9,13H2,1-2H3/t17-/m1/s1. The monoisotopic (exact) mass is 356 g/mol. The second-order valence-corrected chi connectivity index (χ2v) is 7.79. The number of thiophene rings is 1. The quantitative estimate of drug-likeness (QED) is 0.687. The molecule has 3 aromatic rings. The Kier molecular flexibility index (Phi) is 4.72. The Morgan fingerprint density at radius 1 is 1.32 bits per heavy atom. The van der Waals surface area contributed by atoms with Crippen LogP contribution >= 0.6 is 11.3 Å². The summed E-state index contributed by atoms with van der Waals surface area (Å²) in [6, 6.07) is 6.58. The summed E-state index contributed by atoms with van der Waals surface area (Å²) >= 11 is 1.69. The van der Waals surface area contributed by atoms with Crippen LogP contribution in [0.25, 0.3) is 10.6 Å². The predicted molar refractivity (Wildman–Crippen MR) is 99.4 cm³/mol. The smallest absolute Gasteiger partial charge is 0.177 e. The fourth-order valence-electron chi connectivity index (χ4n) is 3.70. The predicted octanol–water partition coefficient (Wildman–Crippen LogP) is 4.56. The van der Waals surface area contributed by atoms with E-state index in [2.05, 4.69) is 45.8 Å². The van der Waals surface area contributed by atoms with Gasteiger partial charge in [0.15, 0.2) is 5.76 Å². The van der Waals surface area contributed by atoms with Crippen LogP contribution in [0.2, 0.25) is 0 Å². The first kappa shape index (κ1) is 16.5. The SMILES string of the molecule is Cc1nn(C)cc1CN1CCCCC[C@@H]1c1cc(-c2cccs2)on1. The van der Waals surface area contributed by atoms with Gasteiger partial charge in [0.1, 0.15) is 5.69 Å². The van der Waals surface area contributed by atoms with Crippen LogP contribution in [-0.4, -0.2) is 26.4 Å². The van der Waals surface area contributed by atoms with Gasteiger partial charge in [-0.25, -0.2) is 0 Å². The van der Waals surface area contributed by atoms with Crippen molar-refractivity contribution in [2.75, 3.05) is 6.54 Å². The second-order valence-electron chi connectivity index (χ2n) is 6.84. The Morgan fingerprint density at radius 2 is 2.24 bits per heavy atom. The highest BCUT2D eigenvalue weighted by atomic mass is 32.1. The van der Waals surface area contributed by atoms with Gasteiger partial charge >= 0.3 is 0 Å². The molecule has 1 fully saturated rings. The maximum Gasteiger partial charge on any atom is 0.177 e. The summed E-state index contributed by atoms with van der Waals surface area (Å²) < 4.78 is 7.55. The Hall–Kier alpha value is -1.92. The molecule has 25 heavy (non-hydrogen) atoms. The Balaban J connectivity index is 1.59. The minimum atomic E-state index is 0.319. The Morgan fingerprint density at radius 3 is 3.00 bits per heavy atom. The van der Waals surface area contributed by atoms with E-state index < -0.39 is 0 Å². The first-order chi connectivity index (χ1) is 12.2. The van der Waals surface area contributed by atoms with Crippen molar-refractivity contribution in [1.82, 2.24) is 19.8 Å². The lowest BCUT2D eigenvalue weighted by Crippen LogP contribution is -2.28. The zero-order chi connectivity index (χ0) is 17.2. The lowest BCUT2D eigenvalue weighted by atomic mass is 10.1. The maximum atomic E-state index is 5.65. The van der Waals surface area contributed by atoms with Crippen LogP contribution in [0.1, 0.15) is 48.7 Å². The number of aromatic nitrogens is 3. The topological polar surface area (TPSA) is 47.1 Å². The summed E-state index contributed by atoms with van der Waals surface area (Å²) in [5.74, 6) is 0.881. The van der Waals surface area contributed by atoms with E-state index in [4.69, 9.17) is 4.52 Å². The molecule has 1 atom stereocenters. The molecule has 0 N–H and O–H groups in total. The number of rotatable bonds is 4. The van der Waals surface area contributed by atoms with Gasteiger partial charge < -0.3 is 4.52 Å². The first-order valence-corrected chi connectivity index (χ1v) is 9.82. The normalized spacial score (nSPS) is 19.2. The highest BCUT2D eigenvalue weighted by Gasteiger charge is 2.26. The highest BCUT2D eigenvalue weighted by Crippen LogP contribution is 2.34. The molecule has 0 amide bonds. The van der Waals surface area contributed by atoms with Gasteiger partial charge in [0.2, 0.25) is 0 Å². The van der Waals surface area contributed by atoms with Gasteiger partial charge in [0, 0.05) is 31.4 Å². The summed E-state index contributed by atoms with van der Waals surface area (Å²) in [6.07, 6.45) is 7.04. The van der Waals surface area contributed by atoms with E-state index >= 15 is 0 Å². The fraction of sp³-hybridized carbons (Fsp3) is 0.474. The molecule has 6 heteroatoms. The van der Waals surface area contributed by atoms with Gasteiger partial charge in [0.25, 0.3) is 0 Å². The molecule has 0 aromatic carbocycles. The zero-order valence-corrected chi connectivity index (χ0v) is 15.6. The zero-order valence-electron chi connectivity index (χ0n) is 14.8. The molecule has 0 bridgehead atoms. The number of nitrogens with zero attached hydrogens (tertiary/aromatic N) is 4. The van der Waals surface area contributed by atoms with E-state index in [9.17, 15) is 0 Å². The molecule has 3 aromatic heterocycles. The molecule has 1 saturated heterocycles. The largest absolute Gasteiger partial charge is 0.355 e. The fourth-order valence-corrected chi connectivity index (χ4v) is 4.37. The van der Waals surface area contributed by atoms with Crippen LogP contribution in [0.3, 0.4) is 0 Å². The average Bonchev–Trinajstić information content (AvgIpc) is 3.29. The van der Waals surface area contributed by atoms with Crippen LogP contribution in [-0.2, 0) is 13.6 Å². The molecule has 132 valence electrons. The molecule has 0 radical (unpaired) electrons. The van der Waals surface area contributed by atoms with Crippen molar-refractivity contribution in [3.8, 4) is 10.6 Å². The summed E-state index contributed by atoms with van der Waals surface area (Å²) in [6.45, 7) is 4.11.